The zero-order valence-corrected chi connectivity index (χ0v) is 9.14. The van der Waals surface area contributed by atoms with Gasteiger partial charge in [-0.2, -0.15) is 0 Å². The third-order valence-electron chi connectivity index (χ3n) is 1.70. The number of benzene rings is 1. The summed E-state index contributed by atoms with van der Waals surface area (Å²) in [4.78, 5) is 0.817. The summed E-state index contributed by atoms with van der Waals surface area (Å²) >= 11 is 1.25. The second-order valence-corrected chi connectivity index (χ2v) is 4.12. The van der Waals surface area contributed by atoms with E-state index in [2.05, 4.69) is 4.74 Å². The molecule has 0 amide bonds. The van der Waals surface area contributed by atoms with Gasteiger partial charge in [0.25, 0.3) is 0 Å². The minimum Gasteiger partial charge on any atom is -0.392 e. The van der Waals surface area contributed by atoms with Gasteiger partial charge in [-0.3, -0.25) is 4.74 Å². The van der Waals surface area contributed by atoms with Crippen LogP contribution in [0.5, 0.6) is 0 Å². The van der Waals surface area contributed by atoms with Crippen LogP contribution < -0.4 is 0 Å². The van der Waals surface area contributed by atoms with Gasteiger partial charge in [-0.05, 0) is 17.7 Å². The van der Waals surface area contributed by atoms with Gasteiger partial charge in [0.1, 0.15) is 0 Å². The van der Waals surface area contributed by atoms with Crippen molar-refractivity contribution in [2.45, 2.75) is 17.9 Å². The predicted octanol–water partition coefficient (Wildman–Crippen LogP) is 2.81. The number of halogens is 3. The SMILES string of the molecule is OCc1cccc(SCCOC(F)(F)F)c1. The standard InChI is InChI=1S/C10H11F3O2S/c11-10(12,13)15-4-5-16-9-3-1-2-8(6-9)7-14/h1-3,6,14H,4-5,7H2. The molecule has 0 spiro atoms. The zero-order valence-electron chi connectivity index (χ0n) is 8.33. The molecule has 6 heteroatoms. The molecule has 0 saturated carbocycles. The Bertz CT molecular complexity index is 328. The van der Waals surface area contributed by atoms with Crippen molar-refractivity contribution < 1.29 is 23.0 Å². The van der Waals surface area contributed by atoms with Gasteiger partial charge in [0, 0.05) is 10.6 Å². The number of aliphatic hydroxyl groups is 1. The van der Waals surface area contributed by atoms with E-state index >= 15 is 0 Å². The predicted molar refractivity (Wildman–Crippen MR) is 55.1 cm³/mol. The fourth-order valence-electron chi connectivity index (χ4n) is 1.05. The van der Waals surface area contributed by atoms with Crippen molar-refractivity contribution in [1.29, 1.82) is 0 Å². The Balaban J connectivity index is 2.32. The van der Waals surface area contributed by atoms with Crippen molar-refractivity contribution in [2.24, 2.45) is 0 Å². The highest BCUT2D eigenvalue weighted by atomic mass is 32.2. The highest BCUT2D eigenvalue weighted by molar-refractivity contribution is 7.99. The smallest absolute Gasteiger partial charge is 0.392 e. The van der Waals surface area contributed by atoms with Gasteiger partial charge in [0.2, 0.25) is 0 Å². The van der Waals surface area contributed by atoms with Gasteiger partial charge in [-0.15, -0.1) is 24.9 Å². The third kappa shape index (κ3) is 5.39. The molecule has 1 aromatic rings. The van der Waals surface area contributed by atoms with Crippen LogP contribution in [0.25, 0.3) is 0 Å². The topological polar surface area (TPSA) is 29.5 Å². The first-order chi connectivity index (χ1) is 7.51. The number of thioether (sulfide) groups is 1. The van der Waals surface area contributed by atoms with Crippen LogP contribution in [0.15, 0.2) is 29.2 Å². The number of hydrogen-bond acceptors (Lipinski definition) is 3. The average Bonchev–Trinajstić information content (AvgIpc) is 2.23. The molecular weight excluding hydrogens is 241 g/mol. The Morgan fingerprint density at radius 2 is 2.06 bits per heavy atom. The van der Waals surface area contributed by atoms with Gasteiger partial charge in [0.15, 0.2) is 0 Å². The molecule has 0 aliphatic carbocycles. The van der Waals surface area contributed by atoms with Gasteiger partial charge < -0.3 is 5.11 Å². The minimum absolute atomic E-state index is 0.0759. The van der Waals surface area contributed by atoms with Gasteiger partial charge in [-0.25, -0.2) is 0 Å². The summed E-state index contributed by atoms with van der Waals surface area (Å²) in [6, 6.07) is 7.00. The molecule has 0 aliphatic heterocycles. The van der Waals surface area contributed by atoms with E-state index in [4.69, 9.17) is 5.11 Å². The van der Waals surface area contributed by atoms with Gasteiger partial charge in [0.05, 0.1) is 13.2 Å². The molecule has 16 heavy (non-hydrogen) atoms. The molecule has 90 valence electrons. The lowest BCUT2D eigenvalue weighted by Crippen LogP contribution is -2.15. The lowest BCUT2D eigenvalue weighted by atomic mass is 10.2. The first kappa shape index (κ1) is 13.3. The van der Waals surface area contributed by atoms with Crippen molar-refractivity contribution in [2.75, 3.05) is 12.4 Å². The molecule has 0 saturated heterocycles. The van der Waals surface area contributed by atoms with Crippen molar-refractivity contribution in [3.05, 3.63) is 29.8 Å². The Morgan fingerprint density at radius 3 is 2.69 bits per heavy atom. The van der Waals surface area contributed by atoms with Crippen molar-refractivity contribution >= 4 is 11.8 Å². The first-order valence-electron chi connectivity index (χ1n) is 4.54. The molecule has 0 unspecified atom stereocenters. The lowest BCUT2D eigenvalue weighted by molar-refractivity contribution is -0.322. The van der Waals surface area contributed by atoms with E-state index in [1.807, 2.05) is 0 Å². The van der Waals surface area contributed by atoms with E-state index in [1.165, 1.54) is 11.8 Å². The number of alkyl halides is 3. The molecule has 2 nitrogen and oxygen atoms in total. The number of hydrogen-bond donors (Lipinski definition) is 1. The van der Waals surface area contributed by atoms with Crippen LogP contribution in [0.2, 0.25) is 0 Å². The van der Waals surface area contributed by atoms with Gasteiger partial charge in [-0.1, -0.05) is 12.1 Å². The minimum atomic E-state index is -4.56. The third-order valence-corrected chi connectivity index (χ3v) is 2.66. The largest absolute Gasteiger partial charge is 0.522 e. The molecule has 0 atom stereocenters. The van der Waals surface area contributed by atoms with Crippen LogP contribution in [0.3, 0.4) is 0 Å². The van der Waals surface area contributed by atoms with Crippen LogP contribution in [0.4, 0.5) is 13.2 Å². The molecule has 0 radical (unpaired) electrons. The maximum Gasteiger partial charge on any atom is 0.522 e. The van der Waals surface area contributed by atoms with Crippen LogP contribution in [-0.4, -0.2) is 23.8 Å². The van der Waals surface area contributed by atoms with Gasteiger partial charge >= 0.3 is 6.36 Å². The van der Waals surface area contributed by atoms with E-state index < -0.39 is 6.36 Å². The molecule has 1 N–H and O–H groups in total. The van der Waals surface area contributed by atoms with Crippen LogP contribution in [0.1, 0.15) is 5.56 Å². The summed E-state index contributed by atoms with van der Waals surface area (Å²) < 4.78 is 38.5. The summed E-state index contributed by atoms with van der Waals surface area (Å²) in [6.07, 6.45) is -4.56. The number of rotatable bonds is 5. The van der Waals surface area contributed by atoms with E-state index in [-0.39, 0.29) is 19.0 Å². The first-order valence-corrected chi connectivity index (χ1v) is 5.53. The van der Waals surface area contributed by atoms with E-state index in [9.17, 15) is 13.2 Å². The second-order valence-electron chi connectivity index (χ2n) is 2.95. The number of aliphatic hydroxyl groups excluding tert-OH is 1. The Hall–Kier alpha value is -0.720. The second kappa shape index (κ2) is 6.12. The quantitative estimate of drug-likeness (QED) is 0.645. The summed E-state index contributed by atoms with van der Waals surface area (Å²) in [7, 11) is 0. The van der Waals surface area contributed by atoms with Crippen molar-refractivity contribution in [3.63, 3.8) is 0 Å². The van der Waals surface area contributed by atoms with E-state index in [0.29, 0.717) is 0 Å². The highest BCUT2D eigenvalue weighted by Crippen LogP contribution is 2.21. The van der Waals surface area contributed by atoms with Crippen LogP contribution in [-0.2, 0) is 11.3 Å². The normalized spacial score (nSPS) is 11.8. The molecule has 0 aromatic heterocycles. The molecule has 0 aliphatic rings. The van der Waals surface area contributed by atoms with Crippen LogP contribution in [0, 0.1) is 0 Å². The van der Waals surface area contributed by atoms with Crippen LogP contribution >= 0.6 is 11.8 Å². The molecular formula is C10H11F3O2S. The Kier molecular flexibility index (Phi) is 5.11. The zero-order chi connectivity index (χ0) is 12.0. The maximum atomic E-state index is 11.6. The summed E-state index contributed by atoms with van der Waals surface area (Å²) in [5, 5.41) is 8.86. The van der Waals surface area contributed by atoms with Crippen molar-refractivity contribution in [1.82, 2.24) is 0 Å². The Morgan fingerprint density at radius 1 is 1.31 bits per heavy atom. The summed E-state index contributed by atoms with van der Waals surface area (Å²) in [5.41, 5.74) is 0.738. The Labute approximate surface area is 95.4 Å². The van der Waals surface area contributed by atoms with Crippen molar-refractivity contribution in [3.8, 4) is 0 Å². The average molecular weight is 252 g/mol. The number of ether oxygens (including phenoxy) is 1. The molecule has 1 aromatic carbocycles. The summed E-state index contributed by atoms with van der Waals surface area (Å²) in [6.45, 7) is -0.453. The fourth-order valence-corrected chi connectivity index (χ4v) is 1.86. The fraction of sp³-hybridized carbons (Fsp3) is 0.400. The van der Waals surface area contributed by atoms with E-state index in [1.54, 1.807) is 24.3 Å². The monoisotopic (exact) mass is 252 g/mol. The summed E-state index contributed by atoms with van der Waals surface area (Å²) in [5.74, 6) is 0.217. The molecule has 0 heterocycles. The molecule has 1 rings (SSSR count). The molecule has 0 bridgehead atoms. The maximum absolute atomic E-state index is 11.6. The van der Waals surface area contributed by atoms with E-state index in [0.717, 1.165) is 10.5 Å². The molecule has 0 fully saturated rings. The highest BCUT2D eigenvalue weighted by Gasteiger charge is 2.28. The lowest BCUT2D eigenvalue weighted by Gasteiger charge is -2.07.